The van der Waals surface area contributed by atoms with Crippen LogP contribution in [-0.4, -0.2) is 31.9 Å². The number of rotatable bonds is 4. The second-order valence-corrected chi connectivity index (χ2v) is 5.84. The zero-order valence-electron chi connectivity index (χ0n) is 13.3. The van der Waals surface area contributed by atoms with Crippen LogP contribution in [-0.2, 0) is 23.8 Å². The van der Waals surface area contributed by atoms with Gasteiger partial charge in [-0.3, -0.25) is 9.59 Å². The molecule has 7 nitrogen and oxygen atoms in total. The Morgan fingerprint density at radius 2 is 1.42 bits per heavy atom. The first kappa shape index (κ1) is 15.0. The molecule has 24 heavy (non-hydrogen) atoms. The number of benzene rings is 1. The van der Waals surface area contributed by atoms with E-state index < -0.39 is 0 Å². The standard InChI is InChI=1S/C17H16O7/c1-8(18)20-5-12-13(6-21-9(2)19)17-11-4-15-14(22-7-23-15)3-10(11)16(12)24-17/h3-4,16-17H,5-7H2,1-2H3/t16-,17+. The molecule has 0 amide bonds. The molecule has 4 rings (SSSR count). The summed E-state index contributed by atoms with van der Waals surface area (Å²) in [6.45, 7) is 3.13. The maximum absolute atomic E-state index is 11.2. The average Bonchev–Trinajstić information content (AvgIpc) is 3.21. The number of esters is 2. The third-order valence-corrected chi connectivity index (χ3v) is 4.32. The van der Waals surface area contributed by atoms with Crippen LogP contribution in [0.25, 0.3) is 0 Å². The third-order valence-electron chi connectivity index (χ3n) is 4.32. The topological polar surface area (TPSA) is 80.3 Å². The highest BCUT2D eigenvalue weighted by Crippen LogP contribution is 2.56. The third kappa shape index (κ3) is 2.32. The quantitative estimate of drug-likeness (QED) is 0.616. The van der Waals surface area contributed by atoms with Crippen LogP contribution in [0.5, 0.6) is 11.5 Å². The van der Waals surface area contributed by atoms with E-state index >= 15 is 0 Å². The molecule has 0 saturated carbocycles. The Morgan fingerprint density at radius 1 is 0.958 bits per heavy atom. The van der Waals surface area contributed by atoms with Crippen LogP contribution in [0, 0.1) is 0 Å². The van der Waals surface area contributed by atoms with Crippen LogP contribution < -0.4 is 9.47 Å². The summed E-state index contributed by atoms with van der Waals surface area (Å²) >= 11 is 0. The predicted octanol–water partition coefficient (Wildman–Crippen LogP) is 1.96. The molecule has 1 aromatic rings. The van der Waals surface area contributed by atoms with Gasteiger partial charge in [-0.15, -0.1) is 0 Å². The molecule has 1 aromatic carbocycles. The first-order valence-electron chi connectivity index (χ1n) is 7.62. The van der Waals surface area contributed by atoms with Crippen LogP contribution in [0.1, 0.15) is 37.2 Å². The summed E-state index contributed by atoms with van der Waals surface area (Å²) in [5, 5.41) is 0. The molecule has 0 N–H and O–H groups in total. The Kier molecular flexibility index (Phi) is 3.45. The maximum Gasteiger partial charge on any atom is 0.302 e. The number of carbonyl (C=O) groups is 2. The second-order valence-electron chi connectivity index (χ2n) is 5.84. The van der Waals surface area contributed by atoms with E-state index in [2.05, 4.69) is 0 Å². The van der Waals surface area contributed by atoms with Crippen molar-refractivity contribution in [3.8, 4) is 11.5 Å². The zero-order valence-corrected chi connectivity index (χ0v) is 13.3. The van der Waals surface area contributed by atoms with Gasteiger partial charge in [0, 0.05) is 25.0 Å². The fourth-order valence-electron chi connectivity index (χ4n) is 3.28. The SMILES string of the molecule is CC(=O)OCC1=C(COC(C)=O)[C@@H]2O[C@H]1c1cc3c(cc12)OCO3. The Morgan fingerprint density at radius 3 is 1.83 bits per heavy atom. The number of ether oxygens (including phenoxy) is 5. The Balaban J connectivity index is 1.69. The molecule has 0 unspecified atom stereocenters. The first-order chi connectivity index (χ1) is 11.5. The smallest absolute Gasteiger partial charge is 0.302 e. The number of hydrogen-bond donors (Lipinski definition) is 0. The second kappa shape index (κ2) is 5.52. The van der Waals surface area contributed by atoms with Crippen molar-refractivity contribution in [2.24, 2.45) is 0 Å². The molecular formula is C17H16O7. The predicted molar refractivity (Wildman–Crippen MR) is 79.4 cm³/mol. The summed E-state index contributed by atoms with van der Waals surface area (Å²) in [4.78, 5) is 22.3. The lowest BCUT2D eigenvalue weighted by Gasteiger charge is -2.20. The fraction of sp³-hybridized carbons (Fsp3) is 0.412. The van der Waals surface area contributed by atoms with Gasteiger partial charge in [0.15, 0.2) is 11.5 Å². The molecule has 0 saturated heterocycles. The van der Waals surface area contributed by atoms with E-state index in [4.69, 9.17) is 23.7 Å². The van der Waals surface area contributed by atoms with Gasteiger partial charge < -0.3 is 23.7 Å². The highest BCUT2D eigenvalue weighted by molar-refractivity contribution is 5.67. The monoisotopic (exact) mass is 332 g/mol. The molecule has 0 aromatic heterocycles. The van der Waals surface area contributed by atoms with Crippen molar-refractivity contribution >= 4 is 11.9 Å². The summed E-state index contributed by atoms with van der Waals surface area (Å²) in [6.07, 6.45) is -0.659. The van der Waals surface area contributed by atoms with Gasteiger partial charge in [-0.1, -0.05) is 0 Å². The molecule has 0 radical (unpaired) electrons. The summed E-state index contributed by atoms with van der Waals surface area (Å²) in [5.74, 6) is 0.614. The van der Waals surface area contributed by atoms with Crippen molar-refractivity contribution in [2.45, 2.75) is 26.1 Å². The average molecular weight is 332 g/mol. The van der Waals surface area contributed by atoms with Gasteiger partial charge in [-0.2, -0.15) is 0 Å². The van der Waals surface area contributed by atoms with Gasteiger partial charge in [-0.25, -0.2) is 0 Å². The minimum absolute atomic E-state index is 0.112. The number of hydrogen-bond acceptors (Lipinski definition) is 7. The van der Waals surface area contributed by atoms with Crippen molar-refractivity contribution in [3.63, 3.8) is 0 Å². The van der Waals surface area contributed by atoms with Gasteiger partial charge >= 0.3 is 11.9 Å². The van der Waals surface area contributed by atoms with Crippen molar-refractivity contribution in [1.29, 1.82) is 0 Å². The molecule has 2 atom stereocenters. The van der Waals surface area contributed by atoms with Crippen molar-refractivity contribution in [1.82, 2.24) is 0 Å². The lowest BCUT2D eigenvalue weighted by atomic mass is 9.86. The molecule has 3 aliphatic heterocycles. The van der Waals surface area contributed by atoms with E-state index in [9.17, 15) is 9.59 Å². The number of fused-ring (bicyclic) bond motifs is 6. The minimum Gasteiger partial charge on any atom is -0.461 e. The summed E-state index contributed by atoms with van der Waals surface area (Å²) < 4.78 is 27.2. The van der Waals surface area contributed by atoms with E-state index in [1.54, 1.807) is 0 Å². The summed E-state index contributed by atoms with van der Waals surface area (Å²) in [7, 11) is 0. The summed E-state index contributed by atoms with van der Waals surface area (Å²) in [5.41, 5.74) is 3.58. The lowest BCUT2D eigenvalue weighted by Crippen LogP contribution is -2.15. The maximum atomic E-state index is 11.2. The van der Waals surface area contributed by atoms with Gasteiger partial charge in [-0.05, 0) is 23.3 Å². The van der Waals surface area contributed by atoms with Crippen LogP contribution >= 0.6 is 0 Å². The van der Waals surface area contributed by atoms with E-state index in [1.165, 1.54) is 13.8 Å². The van der Waals surface area contributed by atoms with Crippen LogP contribution in [0.15, 0.2) is 23.3 Å². The molecule has 126 valence electrons. The molecule has 0 aliphatic carbocycles. The van der Waals surface area contributed by atoms with Crippen LogP contribution in [0.4, 0.5) is 0 Å². The van der Waals surface area contributed by atoms with E-state index in [-0.39, 0.29) is 44.2 Å². The van der Waals surface area contributed by atoms with E-state index in [0.717, 1.165) is 22.3 Å². The molecular weight excluding hydrogens is 316 g/mol. The molecule has 3 heterocycles. The Labute approximate surface area is 138 Å². The van der Waals surface area contributed by atoms with Gasteiger partial charge in [0.1, 0.15) is 25.4 Å². The normalized spacial score (nSPS) is 22.6. The first-order valence-corrected chi connectivity index (χ1v) is 7.62. The molecule has 7 heteroatoms. The van der Waals surface area contributed by atoms with Crippen LogP contribution in [0.3, 0.4) is 0 Å². The molecule has 0 spiro atoms. The van der Waals surface area contributed by atoms with Crippen LogP contribution in [0.2, 0.25) is 0 Å². The van der Waals surface area contributed by atoms with E-state index in [1.807, 2.05) is 12.1 Å². The summed E-state index contributed by atoms with van der Waals surface area (Å²) in [6, 6.07) is 3.80. The molecule has 3 aliphatic rings. The number of carbonyl (C=O) groups excluding carboxylic acids is 2. The largest absolute Gasteiger partial charge is 0.461 e. The van der Waals surface area contributed by atoms with Gasteiger partial charge in [0.2, 0.25) is 6.79 Å². The molecule has 0 fully saturated rings. The lowest BCUT2D eigenvalue weighted by molar-refractivity contribution is -0.141. The van der Waals surface area contributed by atoms with Gasteiger partial charge in [0.25, 0.3) is 0 Å². The zero-order chi connectivity index (χ0) is 16.8. The van der Waals surface area contributed by atoms with Crippen molar-refractivity contribution in [3.05, 3.63) is 34.4 Å². The Hall–Kier alpha value is -2.54. The fourth-order valence-corrected chi connectivity index (χ4v) is 3.28. The Bertz CT molecular complexity index is 703. The van der Waals surface area contributed by atoms with Crippen molar-refractivity contribution < 1.29 is 33.3 Å². The van der Waals surface area contributed by atoms with Crippen molar-refractivity contribution in [2.75, 3.05) is 20.0 Å². The molecule has 2 bridgehead atoms. The highest BCUT2D eigenvalue weighted by Gasteiger charge is 2.46. The van der Waals surface area contributed by atoms with E-state index in [0.29, 0.717) is 11.5 Å². The minimum atomic E-state index is -0.372. The highest BCUT2D eigenvalue weighted by atomic mass is 16.7. The van der Waals surface area contributed by atoms with Gasteiger partial charge in [0.05, 0.1) is 0 Å².